The average molecular weight is 507 g/mol. The van der Waals surface area contributed by atoms with Crippen LogP contribution in [0.25, 0.3) is 76.5 Å². The van der Waals surface area contributed by atoms with Crippen molar-refractivity contribution in [1.29, 1.82) is 0 Å². The van der Waals surface area contributed by atoms with Crippen molar-refractivity contribution in [3.05, 3.63) is 158 Å². The first-order chi connectivity index (χ1) is 19.9. The summed E-state index contributed by atoms with van der Waals surface area (Å²) in [6.45, 7) is 0. The maximum Gasteiger partial charge on any atom is -0.00201 e. The first-order valence-electron chi connectivity index (χ1n) is 13.9. The molecule has 0 aromatic heterocycles. The SMILES string of the molecule is c1ccc(-c2c3ccccc3c(-c3ccccc3-c3cccc4ccc5ccccc5c34)c3ccccc23)cc1. The highest BCUT2D eigenvalue weighted by molar-refractivity contribution is 6.23. The fourth-order valence-corrected chi connectivity index (χ4v) is 6.55. The Morgan fingerprint density at radius 3 is 1.43 bits per heavy atom. The van der Waals surface area contributed by atoms with E-state index in [-0.39, 0.29) is 0 Å². The van der Waals surface area contributed by atoms with Gasteiger partial charge in [-0.3, -0.25) is 0 Å². The average Bonchev–Trinajstić information content (AvgIpc) is 3.03. The summed E-state index contributed by atoms with van der Waals surface area (Å²) in [4.78, 5) is 0. The second kappa shape index (κ2) is 9.22. The van der Waals surface area contributed by atoms with Crippen LogP contribution < -0.4 is 0 Å². The number of benzene rings is 8. The molecule has 0 saturated carbocycles. The maximum absolute atomic E-state index is 2.30. The lowest BCUT2D eigenvalue weighted by Crippen LogP contribution is -1.93. The van der Waals surface area contributed by atoms with Crippen molar-refractivity contribution in [3.63, 3.8) is 0 Å². The lowest BCUT2D eigenvalue weighted by molar-refractivity contribution is 1.63. The van der Waals surface area contributed by atoms with Gasteiger partial charge in [-0.15, -0.1) is 0 Å². The minimum atomic E-state index is 1.25. The molecule has 0 fully saturated rings. The second-order valence-corrected chi connectivity index (χ2v) is 10.4. The third kappa shape index (κ3) is 3.47. The van der Waals surface area contributed by atoms with E-state index < -0.39 is 0 Å². The predicted molar refractivity (Wildman–Crippen MR) is 173 cm³/mol. The maximum atomic E-state index is 2.30. The van der Waals surface area contributed by atoms with Gasteiger partial charge in [-0.2, -0.15) is 0 Å². The molecule has 0 heterocycles. The van der Waals surface area contributed by atoms with Gasteiger partial charge in [0, 0.05) is 0 Å². The van der Waals surface area contributed by atoms with Gasteiger partial charge < -0.3 is 0 Å². The van der Waals surface area contributed by atoms with Gasteiger partial charge in [0.15, 0.2) is 0 Å². The zero-order chi connectivity index (χ0) is 26.5. The van der Waals surface area contributed by atoms with Crippen LogP contribution in [0.1, 0.15) is 0 Å². The Kier molecular flexibility index (Phi) is 5.24. The highest BCUT2D eigenvalue weighted by atomic mass is 14.2. The van der Waals surface area contributed by atoms with Gasteiger partial charge in [0.1, 0.15) is 0 Å². The van der Waals surface area contributed by atoms with E-state index in [0.29, 0.717) is 0 Å². The zero-order valence-corrected chi connectivity index (χ0v) is 22.0. The van der Waals surface area contributed by atoms with Crippen LogP contribution in [0.15, 0.2) is 158 Å². The molecule has 0 aliphatic carbocycles. The summed E-state index contributed by atoms with van der Waals surface area (Å²) >= 11 is 0. The van der Waals surface area contributed by atoms with Crippen molar-refractivity contribution < 1.29 is 0 Å². The summed E-state index contributed by atoms with van der Waals surface area (Å²) in [7, 11) is 0. The molecular weight excluding hydrogens is 480 g/mol. The van der Waals surface area contributed by atoms with Crippen LogP contribution in [-0.4, -0.2) is 0 Å². The summed E-state index contributed by atoms with van der Waals surface area (Å²) in [6, 6.07) is 57.5. The minimum absolute atomic E-state index is 1.25. The van der Waals surface area contributed by atoms with E-state index in [1.54, 1.807) is 0 Å². The molecule has 0 nitrogen and oxygen atoms in total. The van der Waals surface area contributed by atoms with Crippen LogP contribution in [0, 0.1) is 0 Å². The molecule has 0 heteroatoms. The van der Waals surface area contributed by atoms with Gasteiger partial charge in [-0.1, -0.05) is 158 Å². The molecule has 0 radical (unpaired) electrons. The molecule has 0 atom stereocenters. The molecule has 0 spiro atoms. The van der Waals surface area contributed by atoms with Gasteiger partial charge >= 0.3 is 0 Å². The van der Waals surface area contributed by atoms with Crippen LogP contribution >= 0.6 is 0 Å². The quantitative estimate of drug-likeness (QED) is 0.165. The third-order valence-electron chi connectivity index (χ3n) is 8.25. The van der Waals surface area contributed by atoms with Crippen LogP contribution in [0.5, 0.6) is 0 Å². The van der Waals surface area contributed by atoms with Crippen LogP contribution in [-0.2, 0) is 0 Å². The van der Waals surface area contributed by atoms with Crippen molar-refractivity contribution in [2.24, 2.45) is 0 Å². The summed E-state index contributed by atoms with van der Waals surface area (Å²) < 4.78 is 0. The Morgan fingerprint density at radius 2 is 0.725 bits per heavy atom. The largest absolute Gasteiger partial charge is 0.0622 e. The van der Waals surface area contributed by atoms with E-state index in [9.17, 15) is 0 Å². The van der Waals surface area contributed by atoms with Crippen molar-refractivity contribution in [2.45, 2.75) is 0 Å². The molecule has 8 aromatic carbocycles. The molecule has 0 aliphatic rings. The number of hydrogen-bond donors (Lipinski definition) is 0. The summed E-state index contributed by atoms with van der Waals surface area (Å²) in [6.07, 6.45) is 0. The first kappa shape index (κ1) is 22.8. The molecule has 186 valence electrons. The zero-order valence-electron chi connectivity index (χ0n) is 22.0. The van der Waals surface area contributed by atoms with Crippen molar-refractivity contribution in [1.82, 2.24) is 0 Å². The molecule has 40 heavy (non-hydrogen) atoms. The van der Waals surface area contributed by atoms with E-state index in [0.717, 1.165) is 0 Å². The highest BCUT2D eigenvalue weighted by Gasteiger charge is 2.19. The lowest BCUT2D eigenvalue weighted by Gasteiger charge is -2.20. The monoisotopic (exact) mass is 506 g/mol. The fraction of sp³-hybridized carbons (Fsp3) is 0. The van der Waals surface area contributed by atoms with Gasteiger partial charge in [0.25, 0.3) is 0 Å². The first-order valence-corrected chi connectivity index (χ1v) is 13.9. The molecule has 0 amide bonds. The summed E-state index contributed by atoms with van der Waals surface area (Å²) in [5.74, 6) is 0. The van der Waals surface area contributed by atoms with Gasteiger partial charge in [0.05, 0.1) is 0 Å². The summed E-state index contributed by atoms with van der Waals surface area (Å²) in [5.41, 5.74) is 7.62. The Morgan fingerprint density at radius 1 is 0.250 bits per heavy atom. The smallest absolute Gasteiger partial charge is 0.00201 e. The predicted octanol–water partition coefficient (Wildman–Crippen LogP) is 11.3. The van der Waals surface area contributed by atoms with Gasteiger partial charge in [-0.05, 0) is 76.5 Å². The molecule has 0 saturated heterocycles. The van der Waals surface area contributed by atoms with Crippen LogP contribution in [0.2, 0.25) is 0 Å². The Balaban J connectivity index is 1.52. The Bertz CT molecular complexity index is 2150. The Hall–Kier alpha value is -5.20. The molecule has 8 aromatic rings. The summed E-state index contributed by atoms with van der Waals surface area (Å²) in [5, 5.41) is 10.2. The molecular formula is C40H26. The second-order valence-electron chi connectivity index (χ2n) is 10.4. The van der Waals surface area contributed by atoms with Gasteiger partial charge in [-0.25, -0.2) is 0 Å². The van der Waals surface area contributed by atoms with E-state index in [1.807, 2.05) is 0 Å². The molecule has 0 N–H and O–H groups in total. The Labute approximate surface area is 233 Å². The van der Waals surface area contributed by atoms with E-state index >= 15 is 0 Å². The van der Waals surface area contributed by atoms with Crippen LogP contribution in [0.3, 0.4) is 0 Å². The normalized spacial score (nSPS) is 11.5. The lowest BCUT2D eigenvalue weighted by atomic mass is 9.83. The molecule has 0 aliphatic heterocycles. The topological polar surface area (TPSA) is 0 Å². The number of fused-ring (bicyclic) bond motifs is 5. The van der Waals surface area contributed by atoms with Crippen molar-refractivity contribution >= 4 is 43.1 Å². The van der Waals surface area contributed by atoms with E-state index in [2.05, 4.69) is 158 Å². The third-order valence-corrected chi connectivity index (χ3v) is 8.25. The van der Waals surface area contributed by atoms with Gasteiger partial charge in [0.2, 0.25) is 0 Å². The minimum Gasteiger partial charge on any atom is -0.0622 e. The standard InChI is InChI=1S/C40H26/c1-2-14-28(15-3-1)39-34-20-8-10-22-36(34)40(37-23-11-9-21-35(37)39)33-19-7-6-18-31(33)32-24-12-16-29-26-25-27-13-4-5-17-30(27)38(29)32/h1-26H. The fourth-order valence-electron chi connectivity index (χ4n) is 6.55. The van der Waals surface area contributed by atoms with Crippen molar-refractivity contribution in [3.8, 4) is 33.4 Å². The van der Waals surface area contributed by atoms with E-state index in [4.69, 9.17) is 0 Å². The molecule has 0 bridgehead atoms. The number of rotatable bonds is 3. The van der Waals surface area contributed by atoms with Crippen molar-refractivity contribution in [2.75, 3.05) is 0 Å². The van der Waals surface area contributed by atoms with Crippen LogP contribution in [0.4, 0.5) is 0 Å². The number of hydrogen-bond acceptors (Lipinski definition) is 0. The molecule has 8 rings (SSSR count). The van der Waals surface area contributed by atoms with E-state index in [1.165, 1.54) is 76.5 Å². The molecule has 0 unspecified atom stereocenters. The highest BCUT2D eigenvalue weighted by Crippen LogP contribution is 2.47.